The summed E-state index contributed by atoms with van der Waals surface area (Å²) in [6, 6.07) is 25.2. The molecule has 1 aromatic heterocycles. The summed E-state index contributed by atoms with van der Waals surface area (Å²) < 4.78 is 12.4. The lowest BCUT2D eigenvalue weighted by Crippen LogP contribution is -2.33. The lowest BCUT2D eigenvalue weighted by Gasteiger charge is -2.31. The van der Waals surface area contributed by atoms with Gasteiger partial charge in [-0.25, -0.2) is 4.90 Å². The number of thiazole rings is 1. The van der Waals surface area contributed by atoms with Gasteiger partial charge in [0.15, 0.2) is 11.5 Å². The summed E-state index contributed by atoms with van der Waals surface area (Å²) in [4.78, 5) is 56.6. The highest BCUT2D eigenvalue weighted by Gasteiger charge is 2.57. The first-order chi connectivity index (χ1) is 22.3. The fraction of sp³-hybridized carbons (Fsp3) is 0.176. The average molecular weight is 672 g/mol. The molecule has 2 unspecified atom stereocenters. The molecule has 9 nitrogen and oxygen atoms in total. The molecule has 3 heterocycles. The van der Waals surface area contributed by atoms with Crippen molar-refractivity contribution in [3.8, 4) is 11.5 Å². The first kappa shape index (κ1) is 30.1. The van der Waals surface area contributed by atoms with Crippen LogP contribution < -0.4 is 24.6 Å². The SMILES string of the molecule is COc1ccc([C@H]2c3sc(=O)n(CC(=O)Nc4cccc5ccccc45)c3SC3C(=O)N(c4ccc(Cl)cc4)C(=O)C32)cc1OC. The number of hydrogen-bond acceptors (Lipinski definition) is 8. The number of nitrogens with one attached hydrogen (secondary N) is 1. The third-order valence-corrected chi connectivity index (χ3v) is 11.1. The van der Waals surface area contributed by atoms with Crippen molar-refractivity contribution in [2.75, 3.05) is 24.4 Å². The second-order valence-electron chi connectivity index (χ2n) is 10.8. The number of carbonyl (C=O) groups is 3. The van der Waals surface area contributed by atoms with Gasteiger partial charge in [0.1, 0.15) is 11.8 Å². The van der Waals surface area contributed by atoms with Crippen LogP contribution in [0.4, 0.5) is 11.4 Å². The number of aromatic nitrogens is 1. The number of carbonyl (C=O) groups excluding carboxylic acids is 3. The molecule has 0 radical (unpaired) electrons. The second-order valence-corrected chi connectivity index (χ2v) is 13.4. The molecule has 1 fully saturated rings. The molecule has 3 atom stereocenters. The van der Waals surface area contributed by atoms with E-state index in [0.717, 1.165) is 33.9 Å². The third-order valence-electron chi connectivity index (χ3n) is 8.27. The molecule has 0 aliphatic carbocycles. The van der Waals surface area contributed by atoms with E-state index in [1.165, 1.54) is 23.7 Å². The number of ether oxygens (including phenoxy) is 2. The minimum atomic E-state index is -0.838. The van der Waals surface area contributed by atoms with Crippen LogP contribution in [0.1, 0.15) is 16.4 Å². The molecule has 0 saturated carbocycles. The fourth-order valence-corrected chi connectivity index (χ4v) is 9.07. The van der Waals surface area contributed by atoms with Gasteiger partial charge in [-0.05, 0) is 53.4 Å². The van der Waals surface area contributed by atoms with Crippen molar-refractivity contribution in [2.45, 2.75) is 22.7 Å². The Kier molecular flexibility index (Phi) is 7.83. The molecule has 12 heteroatoms. The number of thioether (sulfide) groups is 1. The second kappa shape index (κ2) is 12.0. The summed E-state index contributed by atoms with van der Waals surface area (Å²) in [5.41, 5.74) is 1.73. The Bertz CT molecular complexity index is 2090. The van der Waals surface area contributed by atoms with Crippen LogP contribution in [0.5, 0.6) is 11.5 Å². The Morgan fingerprint density at radius 1 is 0.891 bits per heavy atom. The number of rotatable bonds is 7. The van der Waals surface area contributed by atoms with Crippen molar-refractivity contribution in [3.05, 3.63) is 110 Å². The van der Waals surface area contributed by atoms with Crippen molar-refractivity contribution in [2.24, 2.45) is 5.92 Å². The quantitative estimate of drug-likeness (QED) is 0.206. The number of imide groups is 1. The van der Waals surface area contributed by atoms with Crippen molar-refractivity contribution in [1.29, 1.82) is 0 Å². The van der Waals surface area contributed by atoms with Gasteiger partial charge in [-0.1, -0.05) is 77.2 Å². The Morgan fingerprint density at radius 3 is 2.39 bits per heavy atom. The highest BCUT2D eigenvalue weighted by Crippen LogP contribution is 2.54. The number of anilines is 2. The molecule has 46 heavy (non-hydrogen) atoms. The molecule has 0 spiro atoms. The zero-order valence-electron chi connectivity index (χ0n) is 24.6. The maximum Gasteiger partial charge on any atom is 0.308 e. The first-order valence-electron chi connectivity index (χ1n) is 14.3. The highest BCUT2D eigenvalue weighted by atomic mass is 35.5. The molecule has 0 bridgehead atoms. The lowest BCUT2D eigenvalue weighted by molar-refractivity contribution is -0.122. The number of benzene rings is 4. The highest BCUT2D eigenvalue weighted by molar-refractivity contribution is 8.00. The van der Waals surface area contributed by atoms with Gasteiger partial charge in [-0.3, -0.25) is 23.7 Å². The standard InChI is InChI=1S/C34H26ClN3O6S2/c1-43-24-15-10-19(16-25(24)44-2)27-28-29(32(41)38(31(28)40)21-13-11-20(35)12-14-21)45-33-30(27)46-34(42)37(33)17-26(39)36-23-9-5-7-18-6-3-4-8-22(18)23/h3-16,27-29H,17H2,1-2H3,(H,36,39)/t27-,28?,29?/m1/s1. The van der Waals surface area contributed by atoms with E-state index < -0.39 is 23.0 Å². The molecule has 2 aliphatic rings. The number of hydrogen-bond donors (Lipinski definition) is 1. The summed E-state index contributed by atoms with van der Waals surface area (Å²) in [5, 5.41) is 4.93. The third kappa shape index (κ3) is 5.04. The first-order valence-corrected chi connectivity index (χ1v) is 16.4. The molecule has 3 amide bonds. The summed E-state index contributed by atoms with van der Waals surface area (Å²) in [6.45, 7) is -0.264. The molecule has 232 valence electrons. The monoisotopic (exact) mass is 671 g/mol. The minimum absolute atomic E-state index is 0.264. The van der Waals surface area contributed by atoms with E-state index in [9.17, 15) is 19.2 Å². The van der Waals surface area contributed by atoms with Crippen LogP contribution in [-0.2, 0) is 20.9 Å². The zero-order valence-corrected chi connectivity index (χ0v) is 26.9. The summed E-state index contributed by atoms with van der Waals surface area (Å²) in [5.74, 6) is -1.68. The molecule has 1 saturated heterocycles. The number of halogens is 1. The van der Waals surface area contributed by atoms with Crippen molar-refractivity contribution in [1.82, 2.24) is 4.57 Å². The van der Waals surface area contributed by atoms with Gasteiger partial charge in [0, 0.05) is 26.9 Å². The summed E-state index contributed by atoms with van der Waals surface area (Å²) in [7, 11) is 3.05. The molecule has 4 aromatic carbocycles. The molecule has 7 rings (SSSR count). The smallest absolute Gasteiger partial charge is 0.308 e. The molecular formula is C34H26ClN3O6S2. The van der Waals surface area contributed by atoms with E-state index in [1.807, 2.05) is 48.5 Å². The van der Waals surface area contributed by atoms with Crippen molar-refractivity contribution in [3.63, 3.8) is 0 Å². The summed E-state index contributed by atoms with van der Waals surface area (Å²) in [6.07, 6.45) is 0. The largest absolute Gasteiger partial charge is 0.493 e. The maximum atomic E-state index is 14.1. The fourth-order valence-electron chi connectivity index (χ4n) is 6.17. The van der Waals surface area contributed by atoms with Gasteiger partial charge in [-0.2, -0.15) is 0 Å². The molecule has 1 N–H and O–H groups in total. The van der Waals surface area contributed by atoms with Crippen LogP contribution >= 0.6 is 34.7 Å². The van der Waals surface area contributed by atoms with Gasteiger partial charge < -0.3 is 14.8 Å². The van der Waals surface area contributed by atoms with E-state index in [2.05, 4.69) is 5.32 Å². The number of methoxy groups -OCH3 is 2. The summed E-state index contributed by atoms with van der Waals surface area (Å²) >= 11 is 8.23. The van der Waals surface area contributed by atoms with Crippen molar-refractivity contribution < 1.29 is 23.9 Å². The maximum absolute atomic E-state index is 14.1. The zero-order chi connectivity index (χ0) is 32.1. The van der Waals surface area contributed by atoms with Crippen LogP contribution in [0, 0.1) is 5.92 Å². The van der Waals surface area contributed by atoms with Crippen LogP contribution in [0.15, 0.2) is 94.7 Å². The van der Waals surface area contributed by atoms with Gasteiger partial charge in [0.05, 0.1) is 30.9 Å². The van der Waals surface area contributed by atoms with Gasteiger partial charge in [0.2, 0.25) is 17.7 Å². The predicted octanol–water partition coefficient (Wildman–Crippen LogP) is 6.17. The normalized spacial score (nSPS) is 18.8. The van der Waals surface area contributed by atoms with Crippen molar-refractivity contribution >= 4 is 74.6 Å². The number of fused-ring (bicyclic) bond motifs is 3. The lowest BCUT2D eigenvalue weighted by atomic mass is 9.83. The Morgan fingerprint density at radius 2 is 1.63 bits per heavy atom. The molecule has 5 aromatic rings. The number of amides is 3. The van der Waals surface area contributed by atoms with E-state index in [1.54, 1.807) is 36.4 Å². The van der Waals surface area contributed by atoms with E-state index in [4.69, 9.17) is 21.1 Å². The van der Waals surface area contributed by atoms with Crippen LogP contribution in [-0.4, -0.2) is 41.8 Å². The van der Waals surface area contributed by atoms with Gasteiger partial charge in [-0.15, -0.1) is 0 Å². The minimum Gasteiger partial charge on any atom is -0.493 e. The molecular weight excluding hydrogens is 646 g/mol. The van der Waals surface area contributed by atoms with Gasteiger partial charge >= 0.3 is 4.87 Å². The average Bonchev–Trinajstić information content (AvgIpc) is 3.51. The predicted molar refractivity (Wildman–Crippen MR) is 180 cm³/mol. The Balaban J connectivity index is 1.30. The Hall–Kier alpha value is -4.58. The van der Waals surface area contributed by atoms with Crippen LogP contribution in [0.2, 0.25) is 5.02 Å². The van der Waals surface area contributed by atoms with Crippen LogP contribution in [0.25, 0.3) is 10.8 Å². The number of nitrogens with zero attached hydrogens (tertiary/aromatic N) is 2. The van der Waals surface area contributed by atoms with Crippen LogP contribution in [0.3, 0.4) is 0 Å². The Labute approximate surface area is 276 Å². The van der Waals surface area contributed by atoms with E-state index in [-0.39, 0.29) is 23.2 Å². The topological polar surface area (TPSA) is 107 Å². The molecule has 2 aliphatic heterocycles. The van der Waals surface area contributed by atoms with E-state index >= 15 is 0 Å². The van der Waals surface area contributed by atoms with E-state index in [0.29, 0.717) is 43.4 Å². The van der Waals surface area contributed by atoms with Gasteiger partial charge in [0.25, 0.3) is 0 Å².